The van der Waals surface area contributed by atoms with E-state index >= 15 is 0 Å². The van der Waals surface area contributed by atoms with E-state index in [4.69, 9.17) is 21.1 Å². The van der Waals surface area contributed by atoms with Crippen molar-refractivity contribution < 1.29 is 23.9 Å². The number of hydrogen-bond acceptors (Lipinski definition) is 5. The van der Waals surface area contributed by atoms with Crippen LogP contribution in [0.25, 0.3) is 0 Å². The molecule has 186 valence electrons. The van der Waals surface area contributed by atoms with E-state index < -0.39 is 12.0 Å². The third-order valence-corrected chi connectivity index (χ3v) is 7.04. The number of carbonyl (C=O) groups is 3. The van der Waals surface area contributed by atoms with Gasteiger partial charge in [-0.3, -0.25) is 4.79 Å². The summed E-state index contributed by atoms with van der Waals surface area (Å²) >= 11 is 6.25. The van der Waals surface area contributed by atoms with Gasteiger partial charge in [0.15, 0.2) is 0 Å². The van der Waals surface area contributed by atoms with Crippen LogP contribution >= 0.6 is 11.6 Å². The van der Waals surface area contributed by atoms with Crippen LogP contribution in [0.3, 0.4) is 0 Å². The number of benzene rings is 2. The number of carbonyl (C=O) groups excluding carboxylic acids is 3. The van der Waals surface area contributed by atoms with E-state index in [1.807, 2.05) is 60.7 Å². The number of likely N-dealkylation sites (tertiary alicyclic amines) is 1. The second-order valence-electron chi connectivity index (χ2n) is 9.10. The zero-order valence-electron chi connectivity index (χ0n) is 19.7. The Hall–Kier alpha value is -3.06. The van der Waals surface area contributed by atoms with Gasteiger partial charge in [-0.25, -0.2) is 14.5 Å². The molecule has 0 aromatic heterocycles. The fraction of sp³-hybridized carbons (Fsp3) is 0.444. The maximum atomic E-state index is 13.5. The first kappa shape index (κ1) is 25.0. The lowest BCUT2D eigenvalue weighted by Crippen LogP contribution is -2.48. The van der Waals surface area contributed by atoms with Crippen LogP contribution in [0.4, 0.5) is 9.59 Å². The highest BCUT2D eigenvalue weighted by Crippen LogP contribution is 2.28. The normalized spacial score (nSPS) is 20.9. The number of rotatable bonds is 8. The largest absolute Gasteiger partial charge is 0.447 e. The van der Waals surface area contributed by atoms with E-state index in [1.165, 1.54) is 4.90 Å². The topological polar surface area (TPSA) is 76.2 Å². The molecule has 35 heavy (non-hydrogen) atoms. The highest BCUT2D eigenvalue weighted by molar-refractivity contribution is 6.19. The average molecular weight is 499 g/mol. The quantitative estimate of drug-likeness (QED) is 0.478. The van der Waals surface area contributed by atoms with Gasteiger partial charge >= 0.3 is 12.2 Å². The molecule has 3 atom stereocenters. The number of amides is 3. The Morgan fingerprint density at radius 1 is 1.00 bits per heavy atom. The molecule has 0 unspecified atom stereocenters. The van der Waals surface area contributed by atoms with Crippen LogP contribution in [0.5, 0.6) is 0 Å². The molecule has 0 bridgehead atoms. The smallest absolute Gasteiger partial charge is 0.416 e. The summed E-state index contributed by atoms with van der Waals surface area (Å²) in [6.45, 7) is 0.932. The Kier molecular flexibility index (Phi) is 8.64. The number of cyclic esters (lactones) is 1. The molecule has 4 rings (SSSR count). The van der Waals surface area contributed by atoms with Crippen molar-refractivity contribution >= 4 is 29.7 Å². The first-order chi connectivity index (χ1) is 17.1. The first-order valence-electron chi connectivity index (χ1n) is 12.1. The Labute approximate surface area is 210 Å². The van der Waals surface area contributed by atoms with Gasteiger partial charge in [-0.1, -0.05) is 60.7 Å². The standard InChI is InChI=1S/C27H31ClN2O5/c28-17-22(25(31)30-24(19-35-27(30)33)15-20-9-3-1-4-10-20)16-23-13-7-8-14-29(23)26(32)34-18-21-11-5-2-6-12-21/h1-6,9-12,22-24H,7-8,13-19H2/t22-,23+,24-/m0/s1. The highest BCUT2D eigenvalue weighted by Gasteiger charge is 2.42. The molecule has 0 saturated carbocycles. The SMILES string of the molecule is O=C(OCc1ccccc1)N1CCCC[C@@H]1C[C@@H](CCl)C(=O)N1C(=O)OC[C@@H]1Cc1ccccc1. The minimum atomic E-state index is -0.631. The number of halogens is 1. The number of hydrogen-bond donors (Lipinski definition) is 0. The fourth-order valence-electron chi connectivity index (χ4n) is 4.81. The monoisotopic (exact) mass is 498 g/mol. The molecule has 7 nitrogen and oxygen atoms in total. The summed E-state index contributed by atoms with van der Waals surface area (Å²) < 4.78 is 10.8. The van der Waals surface area contributed by atoms with Crippen molar-refractivity contribution in [3.63, 3.8) is 0 Å². The summed E-state index contributed by atoms with van der Waals surface area (Å²) in [5, 5.41) is 0. The van der Waals surface area contributed by atoms with Gasteiger partial charge in [0.25, 0.3) is 0 Å². The van der Waals surface area contributed by atoms with Gasteiger partial charge in [0.2, 0.25) is 5.91 Å². The Bertz CT molecular complexity index is 1000. The van der Waals surface area contributed by atoms with Crippen molar-refractivity contribution in [1.29, 1.82) is 0 Å². The molecule has 2 fully saturated rings. The van der Waals surface area contributed by atoms with Crippen LogP contribution in [-0.2, 0) is 27.3 Å². The number of imide groups is 1. The van der Waals surface area contributed by atoms with E-state index in [2.05, 4.69) is 0 Å². The van der Waals surface area contributed by atoms with Crippen molar-refractivity contribution in [1.82, 2.24) is 9.80 Å². The van der Waals surface area contributed by atoms with Crippen LogP contribution < -0.4 is 0 Å². The predicted octanol–water partition coefficient (Wildman–Crippen LogP) is 5.01. The maximum absolute atomic E-state index is 13.5. The molecule has 2 saturated heterocycles. The van der Waals surface area contributed by atoms with Crippen LogP contribution in [0.1, 0.15) is 36.8 Å². The summed E-state index contributed by atoms with van der Waals surface area (Å²) in [6, 6.07) is 18.7. The van der Waals surface area contributed by atoms with Crippen molar-refractivity contribution in [3.8, 4) is 0 Å². The molecule has 3 amide bonds. The molecule has 8 heteroatoms. The van der Waals surface area contributed by atoms with Gasteiger partial charge in [0, 0.05) is 18.5 Å². The lowest BCUT2D eigenvalue weighted by molar-refractivity contribution is -0.133. The molecule has 2 aromatic carbocycles. The predicted molar refractivity (Wildman–Crippen MR) is 132 cm³/mol. The molecular formula is C27H31ClN2O5. The van der Waals surface area contributed by atoms with Gasteiger partial charge in [-0.15, -0.1) is 11.6 Å². The minimum absolute atomic E-state index is 0.0596. The molecule has 2 aliphatic heterocycles. The van der Waals surface area contributed by atoms with E-state index in [0.29, 0.717) is 19.4 Å². The van der Waals surface area contributed by atoms with E-state index in [0.717, 1.165) is 30.4 Å². The van der Waals surface area contributed by atoms with Crippen molar-refractivity contribution in [2.24, 2.45) is 5.92 Å². The molecule has 0 spiro atoms. The summed E-state index contributed by atoms with van der Waals surface area (Å²) in [7, 11) is 0. The number of ether oxygens (including phenoxy) is 2. The zero-order chi connectivity index (χ0) is 24.6. The van der Waals surface area contributed by atoms with Gasteiger partial charge < -0.3 is 14.4 Å². The fourth-order valence-corrected chi connectivity index (χ4v) is 5.07. The summed E-state index contributed by atoms with van der Waals surface area (Å²) in [4.78, 5) is 41.8. The van der Waals surface area contributed by atoms with Gasteiger partial charge in [-0.05, 0) is 43.2 Å². The zero-order valence-corrected chi connectivity index (χ0v) is 20.4. The Balaban J connectivity index is 1.40. The van der Waals surface area contributed by atoms with Crippen molar-refractivity contribution in [2.45, 2.75) is 50.8 Å². The van der Waals surface area contributed by atoms with Gasteiger partial charge in [-0.2, -0.15) is 0 Å². The molecule has 0 N–H and O–H groups in total. The Morgan fingerprint density at radius 2 is 1.69 bits per heavy atom. The second kappa shape index (κ2) is 12.1. The number of nitrogens with zero attached hydrogens (tertiary/aromatic N) is 2. The molecule has 2 aromatic rings. The van der Waals surface area contributed by atoms with Crippen molar-refractivity contribution in [3.05, 3.63) is 71.8 Å². The molecule has 2 heterocycles. The summed E-state index contributed by atoms with van der Waals surface area (Å²) in [5.41, 5.74) is 1.94. The van der Waals surface area contributed by atoms with E-state index in [9.17, 15) is 14.4 Å². The van der Waals surface area contributed by atoms with E-state index in [1.54, 1.807) is 4.90 Å². The van der Waals surface area contributed by atoms with Gasteiger partial charge in [0.1, 0.15) is 13.2 Å². The Morgan fingerprint density at radius 3 is 2.37 bits per heavy atom. The van der Waals surface area contributed by atoms with Crippen LogP contribution in [0.15, 0.2) is 60.7 Å². The highest BCUT2D eigenvalue weighted by atomic mass is 35.5. The molecule has 0 radical (unpaired) electrons. The van der Waals surface area contributed by atoms with E-state index in [-0.39, 0.29) is 43.2 Å². The van der Waals surface area contributed by atoms with Crippen LogP contribution in [-0.4, -0.2) is 59.0 Å². The average Bonchev–Trinajstić information content (AvgIpc) is 3.26. The first-order valence-corrected chi connectivity index (χ1v) is 12.7. The third kappa shape index (κ3) is 6.34. The van der Waals surface area contributed by atoms with Gasteiger partial charge in [0.05, 0.1) is 12.0 Å². The summed E-state index contributed by atoms with van der Waals surface area (Å²) in [6.07, 6.45) is 2.49. The number of piperidine rings is 1. The molecule has 0 aliphatic carbocycles. The molecular weight excluding hydrogens is 468 g/mol. The maximum Gasteiger partial charge on any atom is 0.416 e. The second-order valence-corrected chi connectivity index (χ2v) is 9.41. The lowest BCUT2D eigenvalue weighted by Gasteiger charge is -2.37. The number of alkyl halides is 1. The third-order valence-electron chi connectivity index (χ3n) is 6.67. The van der Waals surface area contributed by atoms with Crippen molar-refractivity contribution in [2.75, 3.05) is 19.0 Å². The summed E-state index contributed by atoms with van der Waals surface area (Å²) in [5.74, 6) is -0.885. The van der Waals surface area contributed by atoms with Crippen LogP contribution in [0.2, 0.25) is 0 Å². The lowest BCUT2D eigenvalue weighted by atomic mass is 9.92. The molecule has 2 aliphatic rings. The minimum Gasteiger partial charge on any atom is -0.447 e. The van der Waals surface area contributed by atoms with Crippen LogP contribution in [0, 0.1) is 5.92 Å².